The quantitative estimate of drug-likeness (QED) is 0.450. The average molecular weight is 271 g/mol. The number of carboxylic acid groups (broad SMARTS) is 2. The second-order valence-corrected chi connectivity index (χ2v) is 2.14. The van der Waals surface area contributed by atoms with Crippen molar-refractivity contribution in [3.63, 3.8) is 0 Å². The van der Waals surface area contributed by atoms with Crippen molar-refractivity contribution in [1.29, 1.82) is 0 Å². The number of carbonyl (C=O) groups excluding carboxylic acids is 2. The second-order valence-electron chi connectivity index (χ2n) is 2.14. The van der Waals surface area contributed by atoms with E-state index in [1.807, 2.05) is 0 Å². The standard InChI is InChI=1S/2C4H6O2.Ca.Co.2H/c2*1-3(2)4(5)6;;;;/h2*1H2,2H3,(H,5,6);;;;/q;;2*+2;2*-1/p-2. The molecule has 14 heavy (non-hydrogen) atoms. The van der Waals surface area contributed by atoms with Crippen molar-refractivity contribution >= 4 is 49.7 Å². The van der Waals surface area contributed by atoms with Gasteiger partial charge >= 0.3 is 54.5 Å². The van der Waals surface area contributed by atoms with E-state index in [2.05, 4.69) is 13.2 Å². The van der Waals surface area contributed by atoms with Crippen LogP contribution in [0.1, 0.15) is 16.7 Å². The van der Waals surface area contributed by atoms with Gasteiger partial charge in [0.2, 0.25) is 0 Å². The molecule has 0 heterocycles. The third-order valence-electron chi connectivity index (χ3n) is 0.697. The van der Waals surface area contributed by atoms with Crippen LogP contribution >= 0.6 is 0 Å². The first-order valence-corrected chi connectivity index (χ1v) is 3.02. The molecule has 0 unspecified atom stereocenters. The van der Waals surface area contributed by atoms with E-state index in [1.165, 1.54) is 13.8 Å². The Morgan fingerprint density at radius 2 is 1.07 bits per heavy atom. The maximum absolute atomic E-state index is 9.49. The third kappa shape index (κ3) is 22.8. The van der Waals surface area contributed by atoms with Crippen LogP contribution in [0.3, 0.4) is 0 Å². The van der Waals surface area contributed by atoms with Crippen LogP contribution in [-0.4, -0.2) is 49.7 Å². The van der Waals surface area contributed by atoms with Crippen molar-refractivity contribution in [2.24, 2.45) is 0 Å². The Morgan fingerprint density at radius 1 is 1.00 bits per heavy atom. The third-order valence-corrected chi connectivity index (χ3v) is 0.697. The summed E-state index contributed by atoms with van der Waals surface area (Å²) in [5, 5.41) is 19.0. The first kappa shape index (κ1) is 23.8. The molecule has 0 amide bonds. The Morgan fingerprint density at radius 3 is 1.07 bits per heavy atom. The predicted molar refractivity (Wildman–Crippen MR) is 47.6 cm³/mol. The molecule has 0 aliphatic heterocycles. The number of rotatable bonds is 2. The van der Waals surface area contributed by atoms with Crippen LogP contribution in [-0.2, 0) is 26.4 Å². The summed E-state index contributed by atoms with van der Waals surface area (Å²) in [6.45, 7) is 8.95. The van der Waals surface area contributed by atoms with Gasteiger partial charge in [-0.25, -0.2) is 0 Å². The minimum Gasteiger partial charge on any atom is -1.00 e. The summed E-state index contributed by atoms with van der Waals surface area (Å²) >= 11 is 0. The van der Waals surface area contributed by atoms with Gasteiger partial charge in [-0.3, -0.25) is 0 Å². The Labute approximate surface area is 126 Å². The average Bonchev–Trinajstić information content (AvgIpc) is 1.88. The zero-order valence-corrected chi connectivity index (χ0v) is 11.3. The summed E-state index contributed by atoms with van der Waals surface area (Å²) in [6, 6.07) is 0. The molecule has 6 heteroatoms. The molecule has 0 saturated carbocycles. The van der Waals surface area contributed by atoms with Crippen molar-refractivity contribution in [1.82, 2.24) is 0 Å². The van der Waals surface area contributed by atoms with Crippen LogP contribution in [0.5, 0.6) is 0 Å². The van der Waals surface area contributed by atoms with Gasteiger partial charge in [0, 0.05) is 0 Å². The Balaban J connectivity index is -0.0000000250. The summed E-state index contributed by atoms with van der Waals surface area (Å²) in [6.07, 6.45) is 0. The fourth-order valence-electron chi connectivity index (χ4n) is 0. The van der Waals surface area contributed by atoms with Crippen LogP contribution in [0, 0.1) is 0 Å². The molecule has 0 bridgehead atoms. The van der Waals surface area contributed by atoms with Gasteiger partial charge in [-0.2, -0.15) is 0 Å². The zero-order valence-electron chi connectivity index (χ0n) is 10.1. The summed E-state index contributed by atoms with van der Waals surface area (Å²) in [5.74, 6) is -2.37. The van der Waals surface area contributed by atoms with Gasteiger partial charge in [0.15, 0.2) is 0 Å². The SMILES string of the molecule is C=C(C)C(=O)[O-].C=C(C)C(=O)[O-].[Ca+2].[Co+2].[H-].[H-]. The minimum absolute atomic E-state index is 0. The summed E-state index contributed by atoms with van der Waals surface area (Å²) in [7, 11) is 0. The molecular formula is C8H12CaCoO4. The van der Waals surface area contributed by atoms with Crippen molar-refractivity contribution < 1.29 is 39.4 Å². The van der Waals surface area contributed by atoms with Gasteiger partial charge in [-0.05, 0) is 25.0 Å². The van der Waals surface area contributed by atoms with Crippen LogP contribution in [0.4, 0.5) is 0 Å². The van der Waals surface area contributed by atoms with E-state index in [4.69, 9.17) is 0 Å². The molecule has 1 radical (unpaired) electrons. The molecule has 4 nitrogen and oxygen atoms in total. The number of hydrogen-bond donors (Lipinski definition) is 0. The topological polar surface area (TPSA) is 80.3 Å². The van der Waals surface area contributed by atoms with Gasteiger partial charge in [0.25, 0.3) is 0 Å². The van der Waals surface area contributed by atoms with Gasteiger partial charge in [-0.1, -0.05) is 13.2 Å². The van der Waals surface area contributed by atoms with E-state index in [1.54, 1.807) is 0 Å². The van der Waals surface area contributed by atoms with Gasteiger partial charge < -0.3 is 22.7 Å². The number of carbonyl (C=O) groups is 2. The molecule has 0 fully saturated rings. The van der Waals surface area contributed by atoms with E-state index in [-0.39, 0.29) is 68.5 Å². The molecule has 0 rings (SSSR count). The van der Waals surface area contributed by atoms with E-state index in [9.17, 15) is 19.8 Å². The first-order chi connectivity index (χ1) is 5.29. The molecule has 0 aromatic heterocycles. The Bertz CT molecular complexity index is 186. The number of hydrogen-bond acceptors (Lipinski definition) is 4. The summed E-state index contributed by atoms with van der Waals surface area (Å²) in [4.78, 5) is 19.0. The van der Waals surface area contributed by atoms with Crippen molar-refractivity contribution in [3.8, 4) is 0 Å². The second kappa shape index (κ2) is 13.2. The summed E-state index contributed by atoms with van der Waals surface area (Å²) < 4.78 is 0. The van der Waals surface area contributed by atoms with Crippen molar-refractivity contribution in [2.45, 2.75) is 13.8 Å². The largest absolute Gasteiger partial charge is 2.00 e. The molecule has 0 spiro atoms. The van der Waals surface area contributed by atoms with Crippen molar-refractivity contribution in [3.05, 3.63) is 24.3 Å². The molecule has 0 N–H and O–H groups in total. The maximum atomic E-state index is 9.49. The minimum atomic E-state index is -1.19. The molecular weight excluding hydrogens is 259 g/mol. The molecule has 0 aliphatic rings. The first-order valence-electron chi connectivity index (χ1n) is 3.02. The molecule has 79 valence electrons. The van der Waals surface area contributed by atoms with Gasteiger partial charge in [0.1, 0.15) is 0 Å². The van der Waals surface area contributed by atoms with Crippen LogP contribution in [0.15, 0.2) is 24.3 Å². The predicted octanol–water partition coefficient (Wildman–Crippen LogP) is -1.53. The van der Waals surface area contributed by atoms with E-state index in [0.717, 1.165) is 0 Å². The molecule has 0 aromatic rings. The van der Waals surface area contributed by atoms with E-state index in [0.29, 0.717) is 0 Å². The molecule has 0 atom stereocenters. The Hall–Kier alpha value is 0.186. The van der Waals surface area contributed by atoms with Gasteiger partial charge in [-0.15, -0.1) is 0 Å². The van der Waals surface area contributed by atoms with Crippen LogP contribution < -0.4 is 10.2 Å². The zero-order chi connectivity index (χ0) is 10.3. The molecule has 0 aliphatic carbocycles. The number of aliphatic carboxylic acids is 2. The summed E-state index contributed by atoms with van der Waals surface area (Å²) in [5.41, 5.74) is 0.130. The van der Waals surface area contributed by atoms with Crippen LogP contribution in [0.25, 0.3) is 0 Å². The monoisotopic (exact) mass is 271 g/mol. The van der Waals surface area contributed by atoms with Gasteiger partial charge in [0.05, 0.1) is 11.9 Å². The molecule has 0 saturated heterocycles. The van der Waals surface area contributed by atoms with E-state index >= 15 is 0 Å². The van der Waals surface area contributed by atoms with Crippen LogP contribution in [0.2, 0.25) is 0 Å². The molecule has 0 aromatic carbocycles. The van der Waals surface area contributed by atoms with Crippen molar-refractivity contribution in [2.75, 3.05) is 0 Å². The Kier molecular flexibility index (Phi) is 22.4. The maximum Gasteiger partial charge on any atom is 2.00 e. The smallest absolute Gasteiger partial charge is 1.00 e. The fraction of sp³-hybridized carbons (Fsp3) is 0.250. The normalized spacial score (nSPS) is 6.43. The number of carboxylic acids is 2. The van der Waals surface area contributed by atoms with E-state index < -0.39 is 11.9 Å². The fourth-order valence-corrected chi connectivity index (χ4v) is 0.